The van der Waals surface area contributed by atoms with E-state index in [0.717, 1.165) is 103 Å². The van der Waals surface area contributed by atoms with Crippen LogP contribution in [0.4, 0.5) is 11.8 Å². The molecule has 0 radical (unpaired) electrons. The largest absolute Gasteiger partial charge is 0.404 e. The third-order valence-corrected chi connectivity index (χ3v) is 7.91. The summed E-state index contributed by atoms with van der Waals surface area (Å²) in [6, 6.07) is 10.3. The standard InChI is InChI=1S/C30H37N11/c1-32-19-24(18-31)21-4-6-22(7-5-21)29-27-25(36-39(29)3)9-8-23-20-33-30(35-28(23)27)34-26-10-11-41(37-26)17-16-40-14-12-38(2)13-15-40/h4-7,10-11,18-20H,8-9,12-17,31H2,1-3H3,(H,33,34,35,37). The second kappa shape index (κ2) is 11.6. The fourth-order valence-corrected chi connectivity index (χ4v) is 5.61. The maximum atomic E-state index is 5.82. The Hall–Kier alpha value is -4.35. The summed E-state index contributed by atoms with van der Waals surface area (Å²) in [4.78, 5) is 18.6. The van der Waals surface area contributed by atoms with Gasteiger partial charge in [-0.15, -0.1) is 0 Å². The van der Waals surface area contributed by atoms with E-state index < -0.39 is 0 Å². The second-order valence-electron chi connectivity index (χ2n) is 10.7. The first-order valence-corrected chi connectivity index (χ1v) is 14.1. The zero-order valence-corrected chi connectivity index (χ0v) is 24.0. The predicted octanol–water partition coefficient (Wildman–Crippen LogP) is 2.83. The Bertz CT molecular complexity index is 1570. The molecule has 0 atom stereocenters. The topological polar surface area (TPSA) is 118 Å². The average molecular weight is 552 g/mol. The molecule has 6 rings (SSSR count). The summed E-state index contributed by atoms with van der Waals surface area (Å²) >= 11 is 0. The van der Waals surface area contributed by atoms with Gasteiger partial charge in [0.05, 0.1) is 23.6 Å². The molecule has 1 fully saturated rings. The maximum Gasteiger partial charge on any atom is 0.228 e. The number of nitrogens with one attached hydrogen (secondary N) is 1. The smallest absolute Gasteiger partial charge is 0.228 e. The molecule has 11 nitrogen and oxygen atoms in total. The molecule has 3 aromatic heterocycles. The number of benzene rings is 1. The molecule has 1 aliphatic heterocycles. The number of hydrogen-bond acceptors (Lipinski definition) is 9. The van der Waals surface area contributed by atoms with Gasteiger partial charge in [-0.3, -0.25) is 19.3 Å². The maximum absolute atomic E-state index is 5.82. The average Bonchev–Trinajstić information content (AvgIpc) is 3.59. The van der Waals surface area contributed by atoms with Gasteiger partial charge in [0.15, 0.2) is 5.82 Å². The number of aromatic nitrogens is 6. The predicted molar refractivity (Wildman–Crippen MR) is 163 cm³/mol. The van der Waals surface area contributed by atoms with Crippen molar-refractivity contribution >= 4 is 23.6 Å². The van der Waals surface area contributed by atoms with Crippen molar-refractivity contribution in [1.29, 1.82) is 0 Å². The number of anilines is 2. The van der Waals surface area contributed by atoms with Crippen LogP contribution in [0.5, 0.6) is 0 Å². The van der Waals surface area contributed by atoms with E-state index >= 15 is 0 Å². The zero-order chi connectivity index (χ0) is 28.3. The Balaban J connectivity index is 1.22. The van der Waals surface area contributed by atoms with Crippen LogP contribution in [-0.2, 0) is 26.4 Å². The van der Waals surface area contributed by atoms with Crippen molar-refractivity contribution < 1.29 is 0 Å². The summed E-state index contributed by atoms with van der Waals surface area (Å²) in [5.74, 6) is 1.27. The highest BCUT2D eigenvalue weighted by Crippen LogP contribution is 2.39. The van der Waals surface area contributed by atoms with Crippen molar-refractivity contribution in [2.75, 3.05) is 52.1 Å². The van der Waals surface area contributed by atoms with E-state index in [-0.39, 0.29) is 0 Å². The minimum absolute atomic E-state index is 0.530. The molecular formula is C30H37N11. The Labute approximate surface area is 240 Å². The van der Waals surface area contributed by atoms with Crippen LogP contribution in [0.2, 0.25) is 0 Å². The van der Waals surface area contributed by atoms with E-state index in [1.807, 2.05) is 34.9 Å². The van der Waals surface area contributed by atoms with Crippen LogP contribution in [0.3, 0.4) is 0 Å². The van der Waals surface area contributed by atoms with Gasteiger partial charge in [-0.1, -0.05) is 24.3 Å². The van der Waals surface area contributed by atoms with E-state index in [0.29, 0.717) is 5.95 Å². The third kappa shape index (κ3) is 5.63. The third-order valence-electron chi connectivity index (χ3n) is 7.91. The highest BCUT2D eigenvalue weighted by molar-refractivity contribution is 6.09. The van der Waals surface area contributed by atoms with Gasteiger partial charge < -0.3 is 16.0 Å². The van der Waals surface area contributed by atoms with Crippen molar-refractivity contribution in [3.05, 3.63) is 65.7 Å². The summed E-state index contributed by atoms with van der Waals surface area (Å²) in [5, 5.41) is 12.9. The number of allylic oxidation sites excluding steroid dienone is 1. The van der Waals surface area contributed by atoms with E-state index in [1.54, 1.807) is 19.5 Å². The highest BCUT2D eigenvalue weighted by Gasteiger charge is 2.27. The minimum Gasteiger partial charge on any atom is -0.404 e. The van der Waals surface area contributed by atoms with Gasteiger partial charge in [-0.25, -0.2) is 9.97 Å². The van der Waals surface area contributed by atoms with E-state index in [1.165, 1.54) is 0 Å². The van der Waals surface area contributed by atoms with Gasteiger partial charge in [0, 0.05) is 94.4 Å². The molecule has 2 aliphatic rings. The Morgan fingerprint density at radius 3 is 2.59 bits per heavy atom. The molecule has 0 spiro atoms. The number of hydrogen-bond donors (Lipinski definition) is 2. The van der Waals surface area contributed by atoms with Crippen molar-refractivity contribution in [3.8, 4) is 22.5 Å². The summed E-state index contributed by atoms with van der Waals surface area (Å²) in [6.07, 6.45) is 9.00. The number of nitrogens with two attached hydrogens (primary N) is 1. The van der Waals surface area contributed by atoms with E-state index in [2.05, 4.69) is 56.4 Å². The summed E-state index contributed by atoms with van der Waals surface area (Å²) in [7, 11) is 5.91. The van der Waals surface area contributed by atoms with Gasteiger partial charge >= 0.3 is 0 Å². The molecule has 1 saturated heterocycles. The summed E-state index contributed by atoms with van der Waals surface area (Å²) in [6.45, 7) is 6.29. The van der Waals surface area contributed by atoms with Gasteiger partial charge in [0.1, 0.15) is 0 Å². The number of nitrogens with zero attached hydrogens (tertiary/aromatic N) is 9. The second-order valence-corrected chi connectivity index (χ2v) is 10.7. The van der Waals surface area contributed by atoms with Gasteiger partial charge in [0.2, 0.25) is 5.95 Å². The minimum atomic E-state index is 0.530. The number of piperazine rings is 1. The molecule has 0 unspecified atom stereocenters. The van der Waals surface area contributed by atoms with Crippen LogP contribution in [0.25, 0.3) is 28.1 Å². The lowest BCUT2D eigenvalue weighted by molar-refractivity contribution is 0.149. The molecule has 4 heterocycles. The number of fused-ring (bicyclic) bond motifs is 3. The zero-order valence-electron chi connectivity index (χ0n) is 24.0. The molecule has 0 amide bonds. The molecule has 11 heteroatoms. The SMILES string of the molecule is CN=CC(=CN)c1ccc(-c2c3c(nn2C)CCc2cnc(Nc4ccn(CCN5CCN(C)CC5)n4)nc2-3)cc1. The molecule has 41 heavy (non-hydrogen) atoms. The fourth-order valence-electron chi connectivity index (χ4n) is 5.61. The van der Waals surface area contributed by atoms with E-state index in [9.17, 15) is 0 Å². The van der Waals surface area contributed by atoms with Crippen molar-refractivity contribution in [2.45, 2.75) is 19.4 Å². The normalized spacial score (nSPS) is 16.2. The summed E-state index contributed by atoms with van der Waals surface area (Å²) < 4.78 is 3.94. The number of aliphatic imine (C=N–C) groups is 1. The highest BCUT2D eigenvalue weighted by atomic mass is 15.3. The molecule has 4 aromatic rings. The first-order valence-electron chi connectivity index (χ1n) is 14.1. The number of rotatable bonds is 8. The van der Waals surface area contributed by atoms with Crippen LogP contribution < -0.4 is 11.1 Å². The fraction of sp³-hybridized carbons (Fsp3) is 0.367. The van der Waals surface area contributed by atoms with Crippen molar-refractivity contribution in [2.24, 2.45) is 17.8 Å². The summed E-state index contributed by atoms with van der Waals surface area (Å²) in [5.41, 5.74) is 14.0. The first kappa shape index (κ1) is 26.9. The lowest BCUT2D eigenvalue weighted by atomic mass is 9.91. The van der Waals surface area contributed by atoms with Gasteiger partial charge in [-0.05, 0) is 31.0 Å². The van der Waals surface area contributed by atoms with Crippen LogP contribution in [0, 0.1) is 0 Å². The molecular weight excluding hydrogens is 514 g/mol. The number of aryl methyl sites for hydroxylation is 3. The van der Waals surface area contributed by atoms with Crippen LogP contribution >= 0.6 is 0 Å². The van der Waals surface area contributed by atoms with Crippen LogP contribution in [0.15, 0.2) is 53.9 Å². The molecule has 0 bridgehead atoms. The Morgan fingerprint density at radius 1 is 1.02 bits per heavy atom. The monoisotopic (exact) mass is 551 g/mol. The molecule has 3 N–H and O–H groups in total. The lowest BCUT2D eigenvalue weighted by Gasteiger charge is -2.32. The quantitative estimate of drug-likeness (QED) is 0.321. The molecule has 1 aromatic carbocycles. The number of likely N-dealkylation sites (N-methyl/N-ethyl adjacent to an activating group) is 1. The van der Waals surface area contributed by atoms with Gasteiger partial charge in [-0.2, -0.15) is 10.2 Å². The lowest BCUT2D eigenvalue weighted by Crippen LogP contribution is -2.45. The molecule has 1 aliphatic carbocycles. The van der Waals surface area contributed by atoms with Crippen LogP contribution in [0.1, 0.15) is 16.8 Å². The van der Waals surface area contributed by atoms with Gasteiger partial charge in [0.25, 0.3) is 0 Å². The van der Waals surface area contributed by atoms with E-state index in [4.69, 9.17) is 20.9 Å². The Kier molecular flexibility index (Phi) is 7.62. The van der Waals surface area contributed by atoms with Crippen molar-refractivity contribution in [1.82, 2.24) is 39.3 Å². The van der Waals surface area contributed by atoms with Crippen molar-refractivity contribution in [3.63, 3.8) is 0 Å². The first-order chi connectivity index (χ1) is 20.0. The Morgan fingerprint density at radius 2 is 1.83 bits per heavy atom. The molecule has 0 saturated carbocycles. The molecule has 212 valence electrons. The van der Waals surface area contributed by atoms with Crippen LogP contribution in [-0.4, -0.2) is 92.4 Å².